The van der Waals surface area contributed by atoms with E-state index >= 15 is 0 Å². The van der Waals surface area contributed by atoms with E-state index in [1.54, 1.807) is 0 Å². The summed E-state index contributed by atoms with van der Waals surface area (Å²) in [6.07, 6.45) is 20.6. The number of para-hydroxylation sites is 1. The molecule has 0 saturated heterocycles. The highest BCUT2D eigenvalue weighted by molar-refractivity contribution is 6.08. The topological polar surface area (TPSA) is 68.8 Å². The van der Waals surface area contributed by atoms with Crippen LogP contribution in [-0.2, 0) is 6.42 Å². The molecule has 0 unspecified atom stereocenters. The van der Waals surface area contributed by atoms with Crippen molar-refractivity contribution >= 4 is 50.1 Å². The molecular formula is C57H42N6. The van der Waals surface area contributed by atoms with Crippen LogP contribution in [-0.4, -0.2) is 36.8 Å². The molecule has 3 aliphatic rings. The molecule has 5 aromatic carbocycles. The second-order valence-corrected chi connectivity index (χ2v) is 16.5. The van der Waals surface area contributed by atoms with Gasteiger partial charge < -0.3 is 4.57 Å². The number of rotatable bonds is 7. The van der Waals surface area contributed by atoms with Gasteiger partial charge in [0, 0.05) is 56.3 Å². The fraction of sp³-hybridized carbons (Fsp3) is 0.105. The van der Waals surface area contributed by atoms with Crippen molar-refractivity contribution in [2.24, 2.45) is 4.99 Å². The van der Waals surface area contributed by atoms with Crippen LogP contribution in [0.4, 0.5) is 0 Å². The SMILES string of the molecule is C1=CC(c2nc(-c3ccc(-c4ccc5ccc(-c6ccc7ccc(C8=NCCC=C8)nc7c6)cc5n4)cc3)cc(-c3ccc(-n4c5c(c6ccccc64)CCC=C5)cc3)n2)=CCC1. The predicted octanol–water partition coefficient (Wildman–Crippen LogP) is 13.6. The quantitative estimate of drug-likeness (QED) is 0.161. The van der Waals surface area contributed by atoms with Crippen LogP contribution in [0.25, 0.3) is 94.9 Å². The van der Waals surface area contributed by atoms with Crippen LogP contribution in [0.15, 0.2) is 181 Å². The number of hydrogen-bond acceptors (Lipinski definition) is 5. The van der Waals surface area contributed by atoms with E-state index in [1.165, 1.54) is 22.2 Å². The molecule has 0 saturated carbocycles. The molecule has 4 aromatic heterocycles. The minimum Gasteiger partial charge on any atom is -0.310 e. The standard InChI is InChI=1S/C57H42N6/c1-2-10-42(11-3-1)57-61-53(36-54(62-57)41-25-29-45(30-26-41)63-55-15-6-4-12-46(55)47-13-5-7-16-56(47)63)38-19-17-37(18-20-38)48-31-27-39-21-23-43(34-51(39)59-48)44-24-22-40-28-32-50(60-52(40)35-44)49-14-8-9-33-58-49/h2,4,6-8,10-12,14-32,34-36H,1,3,5,9,13,33H2. The van der Waals surface area contributed by atoms with Gasteiger partial charge in [0.2, 0.25) is 0 Å². The summed E-state index contributed by atoms with van der Waals surface area (Å²) < 4.78 is 2.40. The average Bonchev–Trinajstić information content (AvgIpc) is 3.70. The van der Waals surface area contributed by atoms with Crippen molar-refractivity contribution < 1.29 is 0 Å². The molecule has 6 heteroatoms. The Hall–Kier alpha value is -7.83. The molecular weight excluding hydrogens is 769 g/mol. The summed E-state index contributed by atoms with van der Waals surface area (Å²) >= 11 is 0. The van der Waals surface area contributed by atoms with Gasteiger partial charge in [0.1, 0.15) is 0 Å². The molecule has 0 amide bonds. The number of aromatic nitrogens is 5. The van der Waals surface area contributed by atoms with Crippen LogP contribution in [0, 0.1) is 0 Å². The number of benzene rings is 5. The highest BCUT2D eigenvalue weighted by Gasteiger charge is 2.19. The maximum absolute atomic E-state index is 5.18. The minimum absolute atomic E-state index is 0.743. The van der Waals surface area contributed by atoms with Gasteiger partial charge in [-0.2, -0.15) is 0 Å². The van der Waals surface area contributed by atoms with Crippen LogP contribution in [0.2, 0.25) is 0 Å². The normalized spacial score (nSPS) is 14.6. The smallest absolute Gasteiger partial charge is 0.160 e. The van der Waals surface area contributed by atoms with E-state index in [2.05, 4.69) is 192 Å². The van der Waals surface area contributed by atoms with Crippen LogP contribution in [0.1, 0.15) is 48.5 Å². The first-order chi connectivity index (χ1) is 31.2. The molecule has 0 fully saturated rings. The van der Waals surface area contributed by atoms with Crippen LogP contribution >= 0.6 is 0 Å². The maximum Gasteiger partial charge on any atom is 0.160 e. The molecule has 300 valence electrons. The summed E-state index contributed by atoms with van der Waals surface area (Å²) in [6.45, 7) is 0.811. The van der Waals surface area contributed by atoms with Crippen LogP contribution in [0.3, 0.4) is 0 Å². The lowest BCUT2D eigenvalue weighted by Gasteiger charge is -2.14. The van der Waals surface area contributed by atoms with Gasteiger partial charge in [-0.1, -0.05) is 121 Å². The highest BCUT2D eigenvalue weighted by atomic mass is 15.0. The zero-order valence-corrected chi connectivity index (χ0v) is 34.7. The van der Waals surface area contributed by atoms with E-state index < -0.39 is 0 Å². The van der Waals surface area contributed by atoms with Gasteiger partial charge in [-0.05, 0) is 109 Å². The lowest BCUT2D eigenvalue weighted by molar-refractivity contribution is 0.967. The first-order valence-corrected chi connectivity index (χ1v) is 22.0. The second-order valence-electron chi connectivity index (χ2n) is 16.5. The third-order valence-corrected chi connectivity index (χ3v) is 12.6. The molecule has 6 nitrogen and oxygen atoms in total. The first kappa shape index (κ1) is 37.0. The van der Waals surface area contributed by atoms with Gasteiger partial charge in [-0.25, -0.2) is 19.9 Å². The lowest BCUT2D eigenvalue weighted by Crippen LogP contribution is -2.04. The molecule has 5 heterocycles. The van der Waals surface area contributed by atoms with E-state index in [4.69, 9.17) is 19.9 Å². The molecule has 12 rings (SSSR count). The highest BCUT2D eigenvalue weighted by Crippen LogP contribution is 2.36. The van der Waals surface area contributed by atoms with Crippen molar-refractivity contribution in [3.05, 3.63) is 199 Å². The van der Waals surface area contributed by atoms with Crippen molar-refractivity contribution in [3.8, 4) is 50.6 Å². The van der Waals surface area contributed by atoms with Crippen LogP contribution in [0.5, 0.6) is 0 Å². The number of aliphatic imine (C=N–C) groups is 1. The Bertz CT molecular complexity index is 3430. The van der Waals surface area contributed by atoms with E-state index in [-0.39, 0.29) is 0 Å². The fourth-order valence-corrected chi connectivity index (χ4v) is 9.28. The second kappa shape index (κ2) is 15.6. The Morgan fingerprint density at radius 3 is 1.78 bits per heavy atom. The van der Waals surface area contributed by atoms with Crippen molar-refractivity contribution in [2.75, 3.05) is 6.54 Å². The summed E-state index contributed by atoms with van der Waals surface area (Å²) in [5.41, 5.74) is 18.0. The molecule has 63 heavy (non-hydrogen) atoms. The Kier molecular flexibility index (Phi) is 9.14. The van der Waals surface area contributed by atoms with Crippen molar-refractivity contribution in [3.63, 3.8) is 0 Å². The summed E-state index contributed by atoms with van der Waals surface area (Å²) in [5.74, 6) is 0.743. The number of pyridine rings is 2. The van der Waals surface area contributed by atoms with Gasteiger partial charge in [-0.15, -0.1) is 0 Å². The predicted molar refractivity (Wildman–Crippen MR) is 260 cm³/mol. The van der Waals surface area contributed by atoms with Gasteiger partial charge in [0.15, 0.2) is 5.82 Å². The average molecular weight is 811 g/mol. The van der Waals surface area contributed by atoms with Gasteiger partial charge in [0.05, 0.1) is 45.0 Å². The molecule has 0 atom stereocenters. The number of allylic oxidation sites excluding steroid dienone is 6. The van der Waals surface area contributed by atoms with E-state index in [1.807, 2.05) is 0 Å². The maximum atomic E-state index is 5.18. The largest absolute Gasteiger partial charge is 0.310 e. The third-order valence-electron chi connectivity index (χ3n) is 12.6. The summed E-state index contributed by atoms with van der Waals surface area (Å²) in [5, 5.41) is 3.54. The molecule has 0 bridgehead atoms. The van der Waals surface area contributed by atoms with E-state index in [0.29, 0.717) is 0 Å². The molecule has 0 radical (unpaired) electrons. The Morgan fingerprint density at radius 1 is 0.460 bits per heavy atom. The van der Waals surface area contributed by atoms with E-state index in [9.17, 15) is 0 Å². The Labute approximate surface area is 366 Å². The van der Waals surface area contributed by atoms with Gasteiger partial charge in [-0.3, -0.25) is 4.99 Å². The zero-order chi connectivity index (χ0) is 41.7. The van der Waals surface area contributed by atoms with Crippen LogP contribution < -0.4 is 0 Å². The number of aryl methyl sites for hydroxylation is 1. The lowest BCUT2D eigenvalue weighted by atomic mass is 10.0. The van der Waals surface area contributed by atoms with Crippen molar-refractivity contribution in [1.82, 2.24) is 24.5 Å². The Morgan fingerprint density at radius 2 is 1.08 bits per heavy atom. The zero-order valence-electron chi connectivity index (χ0n) is 34.7. The van der Waals surface area contributed by atoms with E-state index in [0.717, 1.165) is 134 Å². The molecule has 1 aliphatic heterocycles. The number of fused-ring (bicyclic) bond motifs is 5. The molecule has 0 N–H and O–H groups in total. The summed E-state index contributed by atoms with van der Waals surface area (Å²) in [4.78, 5) is 25.2. The number of dihydropyridines is 1. The third kappa shape index (κ3) is 6.90. The molecule has 2 aliphatic carbocycles. The summed E-state index contributed by atoms with van der Waals surface area (Å²) in [7, 11) is 0. The Balaban J connectivity index is 0.857. The first-order valence-electron chi connectivity index (χ1n) is 22.0. The monoisotopic (exact) mass is 810 g/mol. The number of nitrogens with zero attached hydrogens (tertiary/aromatic N) is 6. The fourth-order valence-electron chi connectivity index (χ4n) is 9.28. The van der Waals surface area contributed by atoms with Crippen molar-refractivity contribution in [2.45, 2.75) is 32.1 Å². The molecule has 9 aromatic rings. The number of hydrogen-bond donors (Lipinski definition) is 0. The van der Waals surface area contributed by atoms with Gasteiger partial charge in [0.25, 0.3) is 0 Å². The van der Waals surface area contributed by atoms with Gasteiger partial charge >= 0.3 is 0 Å². The minimum atomic E-state index is 0.743. The summed E-state index contributed by atoms with van der Waals surface area (Å²) in [6, 6.07) is 49.8. The molecule has 0 spiro atoms. The van der Waals surface area contributed by atoms with Crippen molar-refractivity contribution in [1.29, 1.82) is 0 Å².